The van der Waals surface area contributed by atoms with E-state index in [1.54, 1.807) is 12.1 Å². The quantitative estimate of drug-likeness (QED) is 0.270. The van der Waals surface area contributed by atoms with Gasteiger partial charge in [0.1, 0.15) is 0 Å². The summed E-state index contributed by atoms with van der Waals surface area (Å²) in [5, 5.41) is 0. The Bertz CT molecular complexity index is 1290. The zero-order valence-electron chi connectivity index (χ0n) is 16.7. The van der Waals surface area contributed by atoms with Gasteiger partial charge in [-0.15, -0.1) is 0 Å². The zero-order valence-corrected chi connectivity index (χ0v) is 16.7. The van der Waals surface area contributed by atoms with Crippen LogP contribution in [-0.4, -0.2) is 11.9 Å². The van der Waals surface area contributed by atoms with Crippen LogP contribution >= 0.6 is 0 Å². The molecule has 0 unspecified atom stereocenters. The average molecular weight is 402 g/mol. The number of hydrogen-bond acceptors (Lipinski definition) is 3. The lowest BCUT2D eigenvalue weighted by molar-refractivity contribution is 0.0399. The van der Waals surface area contributed by atoms with Crippen molar-refractivity contribution in [3.63, 3.8) is 0 Å². The molecule has 0 aliphatic heterocycles. The van der Waals surface area contributed by atoms with Crippen molar-refractivity contribution in [3.8, 4) is 22.3 Å². The van der Waals surface area contributed by atoms with Gasteiger partial charge in [-0.05, 0) is 58.4 Å². The summed E-state index contributed by atoms with van der Waals surface area (Å²) in [6, 6.07) is 27.3. The Morgan fingerprint density at radius 3 is 1.42 bits per heavy atom. The molecule has 0 atom stereocenters. The van der Waals surface area contributed by atoms with Crippen LogP contribution in [0.1, 0.15) is 43.0 Å². The Balaban J connectivity index is 1.36. The Hall–Kier alpha value is -3.98. The molecule has 31 heavy (non-hydrogen) atoms. The molecule has 2 aliphatic rings. The van der Waals surface area contributed by atoms with Gasteiger partial charge in [-0.3, -0.25) is 0 Å². The molecule has 0 heterocycles. The molecule has 0 aromatic heterocycles. The topological polar surface area (TPSA) is 43.4 Å². The fraction of sp³-hybridized carbons (Fsp3) is 0.0714. The first kappa shape index (κ1) is 17.8. The summed E-state index contributed by atoms with van der Waals surface area (Å²) < 4.78 is 5.43. The van der Waals surface area contributed by atoms with E-state index in [1.165, 1.54) is 11.1 Å². The van der Waals surface area contributed by atoms with Crippen molar-refractivity contribution in [3.05, 3.63) is 118 Å². The standard InChI is InChI=1S/C28H18O3/c29-27(23-13-5-9-19-15-17-7-1-3-11-21(17)25(19)23)31-28(30)24-14-6-10-20-16-18-8-2-4-12-22(18)26(20)24/h1-14H,15-16H2. The highest BCUT2D eigenvalue weighted by molar-refractivity contribution is 6.09. The van der Waals surface area contributed by atoms with E-state index in [0.29, 0.717) is 11.1 Å². The molecule has 2 aliphatic carbocycles. The molecule has 0 spiro atoms. The van der Waals surface area contributed by atoms with Gasteiger partial charge in [0.15, 0.2) is 0 Å². The molecule has 0 bridgehead atoms. The molecule has 148 valence electrons. The van der Waals surface area contributed by atoms with Crippen molar-refractivity contribution in [2.45, 2.75) is 12.8 Å². The third-order valence-electron chi connectivity index (χ3n) is 6.26. The summed E-state index contributed by atoms with van der Waals surface area (Å²) in [6.45, 7) is 0. The highest BCUT2D eigenvalue weighted by atomic mass is 16.6. The number of fused-ring (bicyclic) bond motifs is 6. The van der Waals surface area contributed by atoms with Gasteiger partial charge in [0.25, 0.3) is 0 Å². The van der Waals surface area contributed by atoms with Crippen molar-refractivity contribution in [1.82, 2.24) is 0 Å². The van der Waals surface area contributed by atoms with E-state index in [-0.39, 0.29) is 0 Å². The highest BCUT2D eigenvalue weighted by Crippen LogP contribution is 2.40. The van der Waals surface area contributed by atoms with E-state index in [4.69, 9.17) is 4.74 Å². The van der Waals surface area contributed by atoms with Crippen LogP contribution in [0.3, 0.4) is 0 Å². The fourth-order valence-electron chi connectivity index (χ4n) is 4.91. The summed E-state index contributed by atoms with van der Waals surface area (Å²) in [5.41, 5.74) is 9.21. The Labute approximate surface area is 179 Å². The van der Waals surface area contributed by atoms with E-state index in [0.717, 1.165) is 46.2 Å². The molecular weight excluding hydrogens is 384 g/mol. The smallest absolute Gasteiger partial charge is 0.346 e. The molecule has 0 saturated carbocycles. The summed E-state index contributed by atoms with van der Waals surface area (Å²) in [5.74, 6) is -1.22. The maximum Gasteiger partial charge on any atom is 0.346 e. The van der Waals surface area contributed by atoms with Crippen molar-refractivity contribution in [2.24, 2.45) is 0 Å². The van der Waals surface area contributed by atoms with Gasteiger partial charge in [-0.1, -0.05) is 72.8 Å². The largest absolute Gasteiger partial charge is 0.386 e. The van der Waals surface area contributed by atoms with Gasteiger partial charge in [0.2, 0.25) is 0 Å². The summed E-state index contributed by atoms with van der Waals surface area (Å²) in [4.78, 5) is 26.2. The Morgan fingerprint density at radius 1 is 0.516 bits per heavy atom. The number of benzene rings is 4. The zero-order chi connectivity index (χ0) is 20.9. The lowest BCUT2D eigenvalue weighted by atomic mass is 9.99. The molecule has 0 fully saturated rings. The molecular formula is C28H18O3. The molecule has 3 nitrogen and oxygen atoms in total. The highest BCUT2D eigenvalue weighted by Gasteiger charge is 2.28. The second-order valence-electron chi connectivity index (χ2n) is 8.02. The Morgan fingerprint density at radius 2 is 0.935 bits per heavy atom. The number of ether oxygens (including phenoxy) is 1. The second-order valence-corrected chi connectivity index (χ2v) is 8.02. The molecule has 4 aromatic carbocycles. The summed E-state index contributed by atoms with van der Waals surface area (Å²) in [7, 11) is 0. The van der Waals surface area contributed by atoms with Crippen LogP contribution in [0.5, 0.6) is 0 Å². The lowest BCUT2D eigenvalue weighted by Gasteiger charge is -2.11. The average Bonchev–Trinajstić information content (AvgIpc) is 3.37. The first-order valence-electron chi connectivity index (χ1n) is 10.4. The number of carbonyl (C=O) groups is 2. The maximum atomic E-state index is 13.1. The minimum absolute atomic E-state index is 0.434. The first-order chi connectivity index (χ1) is 15.2. The predicted octanol–water partition coefficient (Wildman–Crippen LogP) is 5.83. The Kier molecular flexibility index (Phi) is 3.90. The van der Waals surface area contributed by atoms with Gasteiger partial charge in [0, 0.05) is 11.1 Å². The van der Waals surface area contributed by atoms with Gasteiger partial charge >= 0.3 is 11.9 Å². The van der Waals surface area contributed by atoms with Gasteiger partial charge in [0.05, 0.1) is 11.1 Å². The van der Waals surface area contributed by atoms with Gasteiger partial charge in [-0.25, -0.2) is 9.59 Å². The van der Waals surface area contributed by atoms with E-state index in [9.17, 15) is 9.59 Å². The number of hydrogen-bond donors (Lipinski definition) is 0. The van der Waals surface area contributed by atoms with E-state index >= 15 is 0 Å². The van der Waals surface area contributed by atoms with Crippen LogP contribution < -0.4 is 0 Å². The lowest BCUT2D eigenvalue weighted by Crippen LogP contribution is -2.15. The van der Waals surface area contributed by atoms with E-state index in [1.807, 2.05) is 60.7 Å². The van der Waals surface area contributed by atoms with Gasteiger partial charge in [-0.2, -0.15) is 0 Å². The van der Waals surface area contributed by atoms with Gasteiger partial charge < -0.3 is 4.74 Å². The van der Waals surface area contributed by atoms with Crippen LogP contribution in [0, 0.1) is 0 Å². The molecule has 0 saturated heterocycles. The summed E-state index contributed by atoms with van der Waals surface area (Å²) in [6.07, 6.45) is 1.56. The van der Waals surface area contributed by atoms with Crippen LogP contribution in [0.2, 0.25) is 0 Å². The molecule has 6 rings (SSSR count). The predicted molar refractivity (Wildman–Crippen MR) is 119 cm³/mol. The van der Waals surface area contributed by atoms with Crippen LogP contribution in [-0.2, 0) is 17.6 Å². The first-order valence-corrected chi connectivity index (χ1v) is 10.4. The minimum Gasteiger partial charge on any atom is -0.386 e. The normalized spacial score (nSPS) is 12.5. The maximum absolute atomic E-state index is 13.1. The number of rotatable bonds is 2. The number of carbonyl (C=O) groups excluding carboxylic acids is 2. The third-order valence-corrected chi connectivity index (χ3v) is 6.26. The van der Waals surface area contributed by atoms with Crippen LogP contribution in [0.4, 0.5) is 0 Å². The second kappa shape index (κ2) is 6.78. The monoisotopic (exact) mass is 402 g/mol. The van der Waals surface area contributed by atoms with E-state index < -0.39 is 11.9 Å². The molecule has 0 N–H and O–H groups in total. The van der Waals surface area contributed by atoms with Crippen molar-refractivity contribution in [1.29, 1.82) is 0 Å². The fourth-order valence-corrected chi connectivity index (χ4v) is 4.91. The SMILES string of the molecule is O=C(OC(=O)c1cccc2c1-c1ccccc1C2)c1cccc2c1-c1ccccc1C2. The van der Waals surface area contributed by atoms with Crippen LogP contribution in [0.25, 0.3) is 22.3 Å². The molecule has 0 radical (unpaired) electrons. The molecule has 0 amide bonds. The number of esters is 2. The van der Waals surface area contributed by atoms with Crippen LogP contribution in [0.15, 0.2) is 84.9 Å². The molecule has 4 aromatic rings. The third kappa shape index (κ3) is 2.74. The van der Waals surface area contributed by atoms with E-state index in [2.05, 4.69) is 12.1 Å². The molecule has 3 heteroatoms. The van der Waals surface area contributed by atoms with Crippen molar-refractivity contribution >= 4 is 11.9 Å². The summed E-state index contributed by atoms with van der Waals surface area (Å²) >= 11 is 0. The van der Waals surface area contributed by atoms with Crippen molar-refractivity contribution < 1.29 is 14.3 Å². The van der Waals surface area contributed by atoms with Crippen molar-refractivity contribution in [2.75, 3.05) is 0 Å². The minimum atomic E-state index is -0.609.